The van der Waals surface area contributed by atoms with Gasteiger partial charge in [0.1, 0.15) is 10.7 Å². The van der Waals surface area contributed by atoms with Crippen LogP contribution in [0.15, 0.2) is 12.1 Å². The van der Waals surface area contributed by atoms with Crippen molar-refractivity contribution in [1.29, 1.82) is 0 Å². The van der Waals surface area contributed by atoms with Crippen LogP contribution in [0.25, 0.3) is 0 Å². The van der Waals surface area contributed by atoms with E-state index in [1.54, 1.807) is 0 Å². The molecular formula is C8H6Cl2N2O3. The Balaban J connectivity index is 3.33. The van der Waals surface area contributed by atoms with Crippen molar-refractivity contribution < 1.29 is 9.72 Å². The molecule has 15 heavy (non-hydrogen) atoms. The molecule has 0 spiro atoms. The second-order valence-corrected chi connectivity index (χ2v) is 3.57. The first kappa shape index (κ1) is 11.7. The van der Waals surface area contributed by atoms with E-state index >= 15 is 0 Å². The van der Waals surface area contributed by atoms with Gasteiger partial charge in [-0.05, 0) is 12.1 Å². The Labute approximate surface area is 95.1 Å². The average molecular weight is 249 g/mol. The molecule has 0 saturated heterocycles. The lowest BCUT2D eigenvalue weighted by Crippen LogP contribution is -2.08. The second-order valence-electron chi connectivity index (χ2n) is 2.72. The Morgan fingerprint density at radius 2 is 2.07 bits per heavy atom. The summed E-state index contributed by atoms with van der Waals surface area (Å²) < 4.78 is 0. The van der Waals surface area contributed by atoms with Crippen LogP contribution in [0, 0.1) is 10.1 Å². The third-order valence-corrected chi connectivity index (χ3v) is 2.03. The standard InChI is InChI=1S/C8H6Cl2N2O3/c1-4(13)11-7-3-5(9)2-6(10)8(7)12(14)15/h2-3H,1H3,(H,11,13). The van der Waals surface area contributed by atoms with Crippen molar-refractivity contribution in [3.63, 3.8) is 0 Å². The summed E-state index contributed by atoms with van der Waals surface area (Å²) in [4.78, 5) is 20.8. The van der Waals surface area contributed by atoms with Gasteiger partial charge in [-0.1, -0.05) is 23.2 Å². The number of amides is 1. The number of benzene rings is 1. The van der Waals surface area contributed by atoms with Gasteiger partial charge in [0, 0.05) is 11.9 Å². The van der Waals surface area contributed by atoms with Crippen LogP contribution in [-0.2, 0) is 4.79 Å². The summed E-state index contributed by atoms with van der Waals surface area (Å²) in [5.74, 6) is -0.434. The number of hydrogen-bond donors (Lipinski definition) is 1. The van der Waals surface area contributed by atoms with Gasteiger partial charge in [0.15, 0.2) is 0 Å². The molecule has 5 nitrogen and oxygen atoms in total. The van der Waals surface area contributed by atoms with Crippen molar-refractivity contribution in [1.82, 2.24) is 0 Å². The average Bonchev–Trinajstić information content (AvgIpc) is 1.99. The molecular weight excluding hydrogens is 243 g/mol. The molecule has 0 aromatic heterocycles. The molecule has 0 aliphatic heterocycles. The fraction of sp³-hybridized carbons (Fsp3) is 0.125. The Kier molecular flexibility index (Phi) is 3.49. The number of nitrogens with zero attached hydrogens (tertiary/aromatic N) is 1. The summed E-state index contributed by atoms with van der Waals surface area (Å²) in [6.07, 6.45) is 0. The highest BCUT2D eigenvalue weighted by atomic mass is 35.5. The van der Waals surface area contributed by atoms with Crippen molar-refractivity contribution in [2.75, 3.05) is 5.32 Å². The third-order valence-electron chi connectivity index (χ3n) is 1.52. The summed E-state index contributed by atoms with van der Waals surface area (Å²) >= 11 is 11.3. The van der Waals surface area contributed by atoms with E-state index in [0.29, 0.717) is 0 Å². The van der Waals surface area contributed by atoms with Gasteiger partial charge in [-0.3, -0.25) is 14.9 Å². The van der Waals surface area contributed by atoms with E-state index in [9.17, 15) is 14.9 Å². The van der Waals surface area contributed by atoms with E-state index in [0.717, 1.165) is 0 Å². The van der Waals surface area contributed by atoms with Gasteiger partial charge in [-0.2, -0.15) is 0 Å². The van der Waals surface area contributed by atoms with Gasteiger partial charge < -0.3 is 5.32 Å². The molecule has 1 N–H and O–H groups in total. The molecule has 0 unspecified atom stereocenters. The fourth-order valence-corrected chi connectivity index (χ4v) is 1.60. The number of carbonyl (C=O) groups excluding carboxylic acids is 1. The van der Waals surface area contributed by atoms with Crippen LogP contribution in [0.4, 0.5) is 11.4 Å². The normalized spacial score (nSPS) is 9.80. The molecule has 1 amide bonds. The summed E-state index contributed by atoms with van der Waals surface area (Å²) in [5, 5.41) is 13.1. The van der Waals surface area contributed by atoms with Crippen LogP contribution in [0.2, 0.25) is 10.0 Å². The van der Waals surface area contributed by atoms with Gasteiger partial charge >= 0.3 is 5.69 Å². The molecule has 0 saturated carbocycles. The van der Waals surface area contributed by atoms with E-state index in [1.165, 1.54) is 19.1 Å². The largest absolute Gasteiger partial charge is 0.321 e. The third kappa shape index (κ3) is 2.81. The van der Waals surface area contributed by atoms with Crippen molar-refractivity contribution >= 4 is 40.5 Å². The van der Waals surface area contributed by atoms with Crippen LogP contribution in [0.1, 0.15) is 6.92 Å². The van der Waals surface area contributed by atoms with E-state index in [2.05, 4.69) is 5.32 Å². The minimum atomic E-state index is -0.677. The molecule has 1 aromatic carbocycles. The Bertz CT molecular complexity index is 434. The molecule has 0 fully saturated rings. The summed E-state index contributed by atoms with van der Waals surface area (Å²) in [6.45, 7) is 1.23. The predicted molar refractivity (Wildman–Crippen MR) is 57.4 cm³/mol. The predicted octanol–water partition coefficient (Wildman–Crippen LogP) is 2.86. The smallest absolute Gasteiger partial charge is 0.311 e. The maximum Gasteiger partial charge on any atom is 0.311 e. The summed E-state index contributed by atoms with van der Waals surface area (Å²) in [6, 6.07) is 2.51. The molecule has 0 atom stereocenters. The highest BCUT2D eigenvalue weighted by molar-refractivity contribution is 6.36. The van der Waals surface area contributed by atoms with Gasteiger partial charge in [0.05, 0.1) is 4.92 Å². The zero-order chi connectivity index (χ0) is 11.6. The van der Waals surface area contributed by atoms with E-state index < -0.39 is 10.8 Å². The first-order valence-electron chi connectivity index (χ1n) is 3.83. The van der Waals surface area contributed by atoms with Gasteiger partial charge in [-0.15, -0.1) is 0 Å². The van der Waals surface area contributed by atoms with Crippen molar-refractivity contribution in [3.05, 3.63) is 32.3 Å². The first-order chi connectivity index (χ1) is 6.91. The number of nitro groups is 1. The second kappa shape index (κ2) is 4.46. The van der Waals surface area contributed by atoms with Crippen LogP contribution in [0.3, 0.4) is 0 Å². The highest BCUT2D eigenvalue weighted by Crippen LogP contribution is 2.35. The van der Waals surface area contributed by atoms with E-state index in [-0.39, 0.29) is 21.4 Å². The topological polar surface area (TPSA) is 72.2 Å². The quantitative estimate of drug-likeness (QED) is 0.646. The number of nitrogens with one attached hydrogen (secondary N) is 1. The number of nitro benzene ring substituents is 1. The zero-order valence-corrected chi connectivity index (χ0v) is 9.09. The zero-order valence-electron chi connectivity index (χ0n) is 7.58. The van der Waals surface area contributed by atoms with Crippen molar-refractivity contribution in [3.8, 4) is 0 Å². The lowest BCUT2D eigenvalue weighted by Gasteiger charge is -2.05. The Morgan fingerprint density at radius 3 is 2.53 bits per heavy atom. The van der Waals surface area contributed by atoms with Gasteiger partial charge in [0.25, 0.3) is 0 Å². The van der Waals surface area contributed by atoms with E-state index in [1.807, 2.05) is 0 Å². The van der Waals surface area contributed by atoms with Crippen molar-refractivity contribution in [2.45, 2.75) is 6.92 Å². The number of hydrogen-bond acceptors (Lipinski definition) is 3. The molecule has 0 aliphatic carbocycles. The molecule has 7 heteroatoms. The number of carbonyl (C=O) groups is 1. The van der Waals surface area contributed by atoms with Crippen LogP contribution < -0.4 is 5.32 Å². The monoisotopic (exact) mass is 248 g/mol. The van der Waals surface area contributed by atoms with Gasteiger partial charge in [-0.25, -0.2) is 0 Å². The molecule has 0 aliphatic rings. The Hall–Kier alpha value is -1.33. The highest BCUT2D eigenvalue weighted by Gasteiger charge is 2.20. The molecule has 80 valence electrons. The van der Waals surface area contributed by atoms with Gasteiger partial charge in [0.2, 0.25) is 5.91 Å². The molecule has 0 bridgehead atoms. The maximum absolute atomic E-state index is 10.8. The number of rotatable bonds is 2. The number of halogens is 2. The number of anilines is 1. The molecule has 0 heterocycles. The maximum atomic E-state index is 10.8. The molecule has 1 aromatic rings. The minimum absolute atomic E-state index is 0.00926. The molecule has 0 radical (unpaired) electrons. The molecule has 1 rings (SSSR count). The van der Waals surface area contributed by atoms with E-state index in [4.69, 9.17) is 23.2 Å². The summed E-state index contributed by atoms with van der Waals surface area (Å²) in [7, 11) is 0. The van der Waals surface area contributed by atoms with Crippen LogP contribution >= 0.6 is 23.2 Å². The SMILES string of the molecule is CC(=O)Nc1cc(Cl)cc(Cl)c1[N+](=O)[O-]. The fourth-order valence-electron chi connectivity index (χ4n) is 1.04. The van der Waals surface area contributed by atoms with Crippen LogP contribution in [-0.4, -0.2) is 10.8 Å². The lowest BCUT2D eigenvalue weighted by molar-refractivity contribution is -0.383. The minimum Gasteiger partial charge on any atom is -0.321 e. The van der Waals surface area contributed by atoms with Crippen molar-refractivity contribution in [2.24, 2.45) is 0 Å². The van der Waals surface area contributed by atoms with Crippen LogP contribution in [0.5, 0.6) is 0 Å². The Morgan fingerprint density at radius 1 is 1.47 bits per heavy atom. The first-order valence-corrected chi connectivity index (χ1v) is 4.58. The lowest BCUT2D eigenvalue weighted by atomic mass is 10.2. The summed E-state index contributed by atoms with van der Waals surface area (Å²) in [5.41, 5.74) is -0.374.